The average molecular weight is 312 g/mol. The van der Waals surface area contributed by atoms with Gasteiger partial charge in [0.15, 0.2) is 0 Å². The first-order valence-corrected chi connectivity index (χ1v) is 7.49. The Morgan fingerprint density at radius 1 is 1.44 bits per heavy atom. The highest BCUT2D eigenvalue weighted by Gasteiger charge is 2.40. The zero-order valence-electron chi connectivity index (χ0n) is 10.5. The van der Waals surface area contributed by atoms with Crippen molar-refractivity contribution in [3.05, 3.63) is 16.5 Å². The quantitative estimate of drug-likeness (QED) is 0.869. The van der Waals surface area contributed by atoms with E-state index in [0.717, 1.165) is 35.5 Å². The van der Waals surface area contributed by atoms with Crippen LogP contribution in [0.15, 0.2) is 10.7 Å². The molecule has 3 unspecified atom stereocenters. The highest BCUT2D eigenvalue weighted by molar-refractivity contribution is 9.10. The molecule has 5 heteroatoms. The Bertz CT molecular complexity index is 440. The lowest BCUT2D eigenvalue weighted by atomic mass is 9.95. The molecule has 2 aliphatic heterocycles. The van der Waals surface area contributed by atoms with E-state index in [1.54, 1.807) is 0 Å². The van der Waals surface area contributed by atoms with E-state index in [0.29, 0.717) is 18.2 Å². The summed E-state index contributed by atoms with van der Waals surface area (Å²) in [6.45, 7) is 2.14. The fourth-order valence-corrected chi connectivity index (χ4v) is 3.28. The monoisotopic (exact) mass is 311 g/mol. The molecule has 2 bridgehead atoms. The highest BCUT2D eigenvalue weighted by Crippen LogP contribution is 2.35. The van der Waals surface area contributed by atoms with Gasteiger partial charge in [0.05, 0.1) is 18.2 Å². The van der Waals surface area contributed by atoms with Gasteiger partial charge in [-0.05, 0) is 41.6 Å². The molecule has 1 N–H and O–H groups in total. The maximum absolute atomic E-state index is 5.85. The van der Waals surface area contributed by atoms with Gasteiger partial charge in [0, 0.05) is 12.5 Å². The molecule has 1 aromatic rings. The van der Waals surface area contributed by atoms with Crippen molar-refractivity contribution in [2.24, 2.45) is 0 Å². The van der Waals surface area contributed by atoms with Gasteiger partial charge in [-0.2, -0.15) is 0 Å². The smallest absolute Gasteiger partial charge is 0.132 e. The molecule has 1 aromatic heterocycles. The lowest BCUT2D eigenvalue weighted by molar-refractivity contribution is 0.102. The minimum atomic E-state index is 0.373. The first-order valence-electron chi connectivity index (χ1n) is 6.70. The molecule has 0 radical (unpaired) electrons. The second-order valence-electron chi connectivity index (χ2n) is 5.10. The van der Waals surface area contributed by atoms with E-state index in [9.17, 15) is 0 Å². The number of aryl methyl sites for hydroxylation is 1. The van der Waals surface area contributed by atoms with E-state index in [-0.39, 0.29) is 0 Å². The largest absolute Gasteiger partial charge is 0.373 e. The molecule has 4 nitrogen and oxygen atoms in total. The molecular weight excluding hydrogens is 294 g/mol. The van der Waals surface area contributed by atoms with E-state index in [1.807, 2.05) is 6.07 Å². The molecule has 3 rings (SSSR count). The van der Waals surface area contributed by atoms with Crippen molar-refractivity contribution in [3.63, 3.8) is 0 Å². The first-order chi connectivity index (χ1) is 8.74. The molecular formula is C13H18BrN3O. The Balaban J connectivity index is 1.72. The van der Waals surface area contributed by atoms with Gasteiger partial charge >= 0.3 is 0 Å². The van der Waals surface area contributed by atoms with Crippen LogP contribution in [0.3, 0.4) is 0 Å². The molecule has 2 saturated heterocycles. The van der Waals surface area contributed by atoms with E-state index < -0.39 is 0 Å². The lowest BCUT2D eigenvalue weighted by Gasteiger charge is -2.20. The van der Waals surface area contributed by atoms with Crippen molar-refractivity contribution in [3.8, 4) is 0 Å². The van der Waals surface area contributed by atoms with Crippen LogP contribution >= 0.6 is 15.9 Å². The van der Waals surface area contributed by atoms with Gasteiger partial charge in [-0.15, -0.1) is 0 Å². The third-order valence-electron chi connectivity index (χ3n) is 3.65. The number of halogens is 1. The summed E-state index contributed by atoms with van der Waals surface area (Å²) in [5.74, 6) is 1.82. The molecule has 98 valence electrons. The second kappa shape index (κ2) is 5.13. The van der Waals surface area contributed by atoms with Crippen LogP contribution in [-0.4, -0.2) is 28.2 Å². The predicted octanol–water partition coefficient (Wildman–Crippen LogP) is 2.92. The summed E-state index contributed by atoms with van der Waals surface area (Å²) in [6, 6.07) is 2.37. The van der Waals surface area contributed by atoms with Gasteiger partial charge < -0.3 is 10.1 Å². The van der Waals surface area contributed by atoms with Gasteiger partial charge in [-0.1, -0.05) is 6.92 Å². The molecule has 2 aliphatic rings. The Morgan fingerprint density at radius 3 is 3.00 bits per heavy atom. The van der Waals surface area contributed by atoms with Gasteiger partial charge in [0.1, 0.15) is 16.2 Å². The maximum Gasteiger partial charge on any atom is 0.132 e. The van der Waals surface area contributed by atoms with Crippen LogP contribution in [-0.2, 0) is 11.2 Å². The van der Waals surface area contributed by atoms with Gasteiger partial charge in [-0.25, -0.2) is 9.97 Å². The topological polar surface area (TPSA) is 47.0 Å². The maximum atomic E-state index is 5.85. The second-order valence-corrected chi connectivity index (χ2v) is 5.92. The van der Waals surface area contributed by atoms with Crippen LogP contribution in [0.2, 0.25) is 0 Å². The molecule has 0 spiro atoms. The number of hydrogen-bond donors (Lipinski definition) is 1. The fraction of sp³-hybridized carbons (Fsp3) is 0.692. The number of anilines is 1. The molecule has 0 amide bonds. The van der Waals surface area contributed by atoms with E-state index >= 15 is 0 Å². The summed E-state index contributed by atoms with van der Waals surface area (Å²) in [6.07, 6.45) is 6.32. The van der Waals surface area contributed by atoms with E-state index in [1.165, 1.54) is 12.8 Å². The normalized spacial score (nSPS) is 29.8. The number of fused-ring (bicyclic) bond motifs is 2. The zero-order valence-corrected chi connectivity index (χ0v) is 12.1. The number of nitrogens with one attached hydrogen (secondary N) is 1. The molecule has 0 saturated carbocycles. The average Bonchev–Trinajstić information content (AvgIpc) is 2.90. The summed E-state index contributed by atoms with van der Waals surface area (Å²) in [7, 11) is 0. The molecule has 18 heavy (non-hydrogen) atoms. The zero-order chi connectivity index (χ0) is 12.5. The number of nitrogens with zero attached hydrogens (tertiary/aromatic N) is 2. The Morgan fingerprint density at radius 2 is 2.33 bits per heavy atom. The summed E-state index contributed by atoms with van der Waals surface area (Å²) in [5.41, 5.74) is 0. The minimum absolute atomic E-state index is 0.373. The van der Waals surface area contributed by atoms with Gasteiger partial charge in [0.25, 0.3) is 0 Å². The predicted molar refractivity (Wildman–Crippen MR) is 73.6 cm³/mol. The number of rotatable bonds is 4. The standard InChI is InChI=1S/C13H18BrN3O/c1-2-3-12-16-11(14)7-13(17-12)15-9-6-8-4-5-10(9)18-8/h7-10H,2-6H2,1H3,(H,15,16,17). The summed E-state index contributed by atoms with van der Waals surface area (Å²) >= 11 is 3.45. The third kappa shape index (κ3) is 2.52. The van der Waals surface area contributed by atoms with Crippen LogP contribution in [0, 0.1) is 0 Å². The van der Waals surface area contributed by atoms with Gasteiger partial charge in [-0.3, -0.25) is 0 Å². The first kappa shape index (κ1) is 12.4. The minimum Gasteiger partial charge on any atom is -0.373 e. The highest BCUT2D eigenvalue weighted by atomic mass is 79.9. The number of hydrogen-bond acceptors (Lipinski definition) is 4. The number of aromatic nitrogens is 2. The van der Waals surface area contributed by atoms with Crippen molar-refractivity contribution >= 4 is 21.7 Å². The summed E-state index contributed by atoms with van der Waals surface area (Å²) in [5, 5.41) is 3.51. The van der Waals surface area contributed by atoms with Crippen molar-refractivity contribution < 1.29 is 4.74 Å². The Hall–Kier alpha value is -0.680. The third-order valence-corrected chi connectivity index (χ3v) is 4.06. The van der Waals surface area contributed by atoms with E-state index in [2.05, 4.69) is 38.1 Å². The summed E-state index contributed by atoms with van der Waals surface area (Å²) < 4.78 is 6.70. The van der Waals surface area contributed by atoms with E-state index in [4.69, 9.17) is 4.74 Å². The molecule has 2 fully saturated rings. The van der Waals surface area contributed by atoms with Crippen LogP contribution in [0.1, 0.15) is 38.4 Å². The fourth-order valence-electron chi connectivity index (χ4n) is 2.85. The van der Waals surface area contributed by atoms with Crippen molar-refractivity contribution in [1.82, 2.24) is 9.97 Å². The van der Waals surface area contributed by atoms with Crippen LogP contribution < -0.4 is 5.32 Å². The van der Waals surface area contributed by atoms with Crippen molar-refractivity contribution in [2.45, 2.75) is 57.3 Å². The summed E-state index contributed by atoms with van der Waals surface area (Å²) in [4.78, 5) is 8.94. The molecule has 3 atom stereocenters. The molecule has 0 aliphatic carbocycles. The Kier molecular flexibility index (Phi) is 3.52. The SMILES string of the molecule is CCCc1nc(Br)cc(NC2CC3CCC2O3)n1. The van der Waals surface area contributed by atoms with Gasteiger partial charge in [0.2, 0.25) is 0 Å². The molecule has 3 heterocycles. The lowest BCUT2D eigenvalue weighted by Crippen LogP contribution is -2.31. The number of ether oxygens (including phenoxy) is 1. The van der Waals surface area contributed by atoms with Crippen LogP contribution in [0.5, 0.6) is 0 Å². The van der Waals surface area contributed by atoms with Crippen molar-refractivity contribution in [1.29, 1.82) is 0 Å². The van der Waals surface area contributed by atoms with Crippen molar-refractivity contribution in [2.75, 3.05) is 5.32 Å². The molecule has 0 aromatic carbocycles. The Labute approximate surface area is 116 Å². The van der Waals surface area contributed by atoms with Crippen LogP contribution in [0.25, 0.3) is 0 Å². The van der Waals surface area contributed by atoms with Crippen LogP contribution in [0.4, 0.5) is 5.82 Å².